The molecule has 0 aliphatic carbocycles. The van der Waals surface area contributed by atoms with Crippen molar-refractivity contribution >= 4 is 6.03 Å². The molecule has 0 aliphatic rings. The molecule has 0 saturated carbocycles. The van der Waals surface area contributed by atoms with E-state index in [1.165, 1.54) is 0 Å². The largest absolute Gasteiger partial charge is 0.467 e. The lowest BCUT2D eigenvalue weighted by atomic mass is 10.2. The summed E-state index contributed by atoms with van der Waals surface area (Å²) >= 11 is 0. The van der Waals surface area contributed by atoms with Gasteiger partial charge in [0.05, 0.1) is 25.6 Å². The Morgan fingerprint density at radius 1 is 0.870 bits per heavy atom. The molecule has 2 amide bonds. The van der Waals surface area contributed by atoms with Crippen LogP contribution in [0.15, 0.2) is 76.0 Å². The number of benzene rings is 1. The van der Waals surface area contributed by atoms with Crippen molar-refractivity contribution in [2.75, 3.05) is 0 Å². The van der Waals surface area contributed by atoms with E-state index in [9.17, 15) is 4.79 Å². The Bertz CT molecular complexity index is 670. The first-order valence-corrected chi connectivity index (χ1v) is 7.43. The molecule has 0 unspecified atom stereocenters. The van der Waals surface area contributed by atoms with E-state index in [1.807, 2.05) is 54.6 Å². The number of nitrogens with zero attached hydrogens (tertiary/aromatic N) is 1. The summed E-state index contributed by atoms with van der Waals surface area (Å²) in [6, 6.07) is 16.9. The Balaban J connectivity index is 1.65. The van der Waals surface area contributed by atoms with Gasteiger partial charge in [-0.05, 0) is 29.8 Å². The van der Waals surface area contributed by atoms with Crippen molar-refractivity contribution in [2.45, 2.75) is 19.6 Å². The summed E-state index contributed by atoms with van der Waals surface area (Å²) in [7, 11) is 0. The van der Waals surface area contributed by atoms with Crippen LogP contribution in [0.4, 0.5) is 4.79 Å². The predicted molar refractivity (Wildman–Crippen MR) is 85.3 cm³/mol. The molecular weight excluding hydrogens is 292 g/mol. The van der Waals surface area contributed by atoms with Gasteiger partial charge in [0.25, 0.3) is 0 Å². The highest BCUT2D eigenvalue weighted by atomic mass is 16.3. The van der Waals surface area contributed by atoms with E-state index in [1.54, 1.807) is 17.4 Å². The molecule has 0 aliphatic heterocycles. The third kappa shape index (κ3) is 4.26. The molecule has 0 saturated heterocycles. The summed E-state index contributed by atoms with van der Waals surface area (Å²) in [6.45, 7) is 1.25. The first-order valence-electron chi connectivity index (χ1n) is 7.43. The molecule has 118 valence electrons. The molecule has 2 aromatic heterocycles. The number of rotatable bonds is 6. The topological polar surface area (TPSA) is 58.6 Å². The van der Waals surface area contributed by atoms with Crippen LogP contribution in [-0.2, 0) is 19.6 Å². The molecule has 5 nitrogen and oxygen atoms in total. The van der Waals surface area contributed by atoms with Crippen molar-refractivity contribution in [3.8, 4) is 0 Å². The molecule has 0 spiro atoms. The average Bonchev–Trinajstić information content (AvgIpc) is 3.27. The van der Waals surface area contributed by atoms with E-state index >= 15 is 0 Å². The zero-order valence-electron chi connectivity index (χ0n) is 12.6. The quantitative estimate of drug-likeness (QED) is 0.753. The maximum atomic E-state index is 12.5. The number of carbonyl (C=O) groups excluding carboxylic acids is 1. The van der Waals surface area contributed by atoms with Crippen molar-refractivity contribution < 1.29 is 13.6 Å². The van der Waals surface area contributed by atoms with Crippen LogP contribution in [0.2, 0.25) is 0 Å². The molecule has 0 radical (unpaired) electrons. The summed E-state index contributed by atoms with van der Waals surface area (Å²) in [5.74, 6) is 1.46. The van der Waals surface area contributed by atoms with Gasteiger partial charge >= 0.3 is 6.03 Å². The van der Waals surface area contributed by atoms with E-state index < -0.39 is 0 Å². The third-order valence-electron chi connectivity index (χ3n) is 3.43. The van der Waals surface area contributed by atoms with E-state index in [0.717, 1.165) is 17.1 Å². The van der Waals surface area contributed by atoms with Gasteiger partial charge in [-0.15, -0.1) is 0 Å². The number of amides is 2. The number of furan rings is 2. The van der Waals surface area contributed by atoms with Crippen molar-refractivity contribution in [2.24, 2.45) is 0 Å². The van der Waals surface area contributed by atoms with Crippen LogP contribution in [0.25, 0.3) is 0 Å². The Hall–Kier alpha value is -2.95. The fourth-order valence-electron chi connectivity index (χ4n) is 2.27. The molecule has 1 aromatic carbocycles. The molecule has 2 heterocycles. The predicted octanol–water partition coefficient (Wildman–Crippen LogP) is 3.78. The van der Waals surface area contributed by atoms with Crippen molar-refractivity contribution in [3.63, 3.8) is 0 Å². The van der Waals surface area contributed by atoms with Crippen LogP contribution in [0.5, 0.6) is 0 Å². The van der Waals surface area contributed by atoms with Gasteiger partial charge in [0.1, 0.15) is 11.5 Å². The van der Waals surface area contributed by atoms with Crippen molar-refractivity contribution in [1.82, 2.24) is 10.2 Å². The van der Waals surface area contributed by atoms with Crippen LogP contribution in [0.3, 0.4) is 0 Å². The second kappa shape index (κ2) is 7.35. The van der Waals surface area contributed by atoms with Crippen molar-refractivity contribution in [1.29, 1.82) is 0 Å². The average molecular weight is 310 g/mol. The van der Waals surface area contributed by atoms with E-state index in [0.29, 0.717) is 19.6 Å². The summed E-state index contributed by atoms with van der Waals surface area (Å²) < 4.78 is 10.7. The first kappa shape index (κ1) is 15.0. The third-order valence-corrected chi connectivity index (χ3v) is 3.43. The van der Waals surface area contributed by atoms with Gasteiger partial charge in [-0.3, -0.25) is 0 Å². The molecule has 0 bridgehead atoms. The summed E-state index contributed by atoms with van der Waals surface area (Å²) in [4.78, 5) is 14.2. The molecule has 3 rings (SSSR count). The fourth-order valence-corrected chi connectivity index (χ4v) is 2.27. The molecular formula is C18H18N2O3. The minimum Gasteiger partial charge on any atom is -0.467 e. The van der Waals surface area contributed by atoms with Gasteiger partial charge in [-0.2, -0.15) is 0 Å². The monoisotopic (exact) mass is 310 g/mol. The number of hydrogen-bond donors (Lipinski definition) is 1. The van der Waals surface area contributed by atoms with Gasteiger partial charge in [0.2, 0.25) is 0 Å². The lowest BCUT2D eigenvalue weighted by molar-refractivity contribution is 0.181. The van der Waals surface area contributed by atoms with E-state index in [2.05, 4.69) is 5.32 Å². The number of carbonyl (C=O) groups is 1. The van der Waals surface area contributed by atoms with Crippen molar-refractivity contribution in [3.05, 3.63) is 84.2 Å². The summed E-state index contributed by atoms with van der Waals surface area (Å²) in [5, 5.41) is 2.93. The zero-order valence-corrected chi connectivity index (χ0v) is 12.6. The minimum atomic E-state index is -0.165. The molecule has 23 heavy (non-hydrogen) atoms. The number of urea groups is 1. The van der Waals surface area contributed by atoms with Crippen LogP contribution in [-0.4, -0.2) is 10.9 Å². The summed E-state index contributed by atoms with van der Waals surface area (Å²) in [6.07, 6.45) is 3.20. The standard InChI is InChI=1S/C18H18N2O3/c21-18(19-12-15-6-2-1-3-7-15)20(13-16-8-4-10-22-16)14-17-9-5-11-23-17/h1-11H,12-14H2,(H,19,21). The van der Waals surface area contributed by atoms with E-state index in [4.69, 9.17) is 8.83 Å². The maximum Gasteiger partial charge on any atom is 0.318 e. The highest BCUT2D eigenvalue weighted by Crippen LogP contribution is 2.11. The molecule has 3 aromatic rings. The maximum absolute atomic E-state index is 12.5. The highest BCUT2D eigenvalue weighted by Gasteiger charge is 2.16. The Kier molecular flexibility index (Phi) is 4.79. The zero-order chi connectivity index (χ0) is 15.9. The summed E-state index contributed by atoms with van der Waals surface area (Å²) in [5.41, 5.74) is 1.05. The van der Waals surface area contributed by atoms with Gasteiger partial charge < -0.3 is 19.1 Å². The Morgan fingerprint density at radius 2 is 1.48 bits per heavy atom. The molecule has 1 N–H and O–H groups in total. The number of hydrogen-bond acceptors (Lipinski definition) is 3. The first-order chi connectivity index (χ1) is 11.3. The second-order valence-electron chi connectivity index (χ2n) is 5.16. The SMILES string of the molecule is O=C(NCc1ccccc1)N(Cc1ccco1)Cc1ccco1. The lowest BCUT2D eigenvalue weighted by Crippen LogP contribution is -2.38. The van der Waals surface area contributed by atoms with Gasteiger partial charge in [-0.1, -0.05) is 30.3 Å². The minimum absolute atomic E-state index is 0.165. The highest BCUT2D eigenvalue weighted by molar-refractivity contribution is 5.74. The normalized spacial score (nSPS) is 10.4. The Morgan fingerprint density at radius 3 is 2.00 bits per heavy atom. The van der Waals surface area contributed by atoms with Gasteiger partial charge in [0.15, 0.2) is 0 Å². The van der Waals surface area contributed by atoms with Crippen LogP contribution in [0.1, 0.15) is 17.1 Å². The Labute approximate surface area is 134 Å². The second-order valence-corrected chi connectivity index (χ2v) is 5.16. The molecule has 0 atom stereocenters. The van der Waals surface area contributed by atoms with E-state index in [-0.39, 0.29) is 6.03 Å². The lowest BCUT2D eigenvalue weighted by Gasteiger charge is -2.21. The molecule has 5 heteroatoms. The smallest absolute Gasteiger partial charge is 0.318 e. The van der Waals surface area contributed by atoms with Gasteiger partial charge in [-0.25, -0.2) is 4.79 Å². The number of nitrogens with one attached hydrogen (secondary N) is 1. The molecule has 0 fully saturated rings. The van der Waals surface area contributed by atoms with Crippen LogP contribution in [0, 0.1) is 0 Å². The van der Waals surface area contributed by atoms with Gasteiger partial charge in [0, 0.05) is 6.54 Å². The fraction of sp³-hybridized carbons (Fsp3) is 0.167. The van der Waals surface area contributed by atoms with Crippen LogP contribution < -0.4 is 5.32 Å². The van der Waals surface area contributed by atoms with Crippen LogP contribution >= 0.6 is 0 Å².